The second kappa shape index (κ2) is 5.75. The maximum absolute atomic E-state index is 13.7. The van der Waals surface area contributed by atoms with Crippen molar-refractivity contribution in [3.8, 4) is 5.75 Å². The summed E-state index contributed by atoms with van der Waals surface area (Å²) in [6, 6.07) is 7.10. The van der Waals surface area contributed by atoms with Crippen LogP contribution in [0.5, 0.6) is 5.75 Å². The van der Waals surface area contributed by atoms with E-state index in [2.05, 4.69) is 15.9 Å². The number of halogens is 4. The number of benzene rings is 2. The molecule has 0 bridgehead atoms. The summed E-state index contributed by atoms with van der Waals surface area (Å²) in [7, 11) is 0. The monoisotopic (exact) mass is 347 g/mol. The molecule has 0 aliphatic heterocycles. The van der Waals surface area contributed by atoms with Crippen molar-refractivity contribution < 1.29 is 13.5 Å². The van der Waals surface area contributed by atoms with Crippen molar-refractivity contribution in [3.63, 3.8) is 0 Å². The average Bonchev–Trinajstić information content (AvgIpc) is 2.38. The zero-order valence-corrected chi connectivity index (χ0v) is 11.9. The van der Waals surface area contributed by atoms with Crippen LogP contribution in [-0.2, 0) is 6.61 Å². The van der Waals surface area contributed by atoms with Crippen molar-refractivity contribution in [2.24, 2.45) is 0 Å². The normalized spacial score (nSPS) is 10.5. The number of rotatable bonds is 3. The van der Waals surface area contributed by atoms with Gasteiger partial charge in [0.05, 0.1) is 20.7 Å². The van der Waals surface area contributed by atoms with E-state index >= 15 is 0 Å². The molecule has 0 atom stereocenters. The minimum absolute atomic E-state index is 0.151. The van der Waals surface area contributed by atoms with Crippen LogP contribution in [0.4, 0.5) is 14.5 Å². The Morgan fingerprint density at radius 2 is 1.95 bits per heavy atom. The number of anilines is 1. The van der Waals surface area contributed by atoms with Gasteiger partial charge in [0.15, 0.2) is 0 Å². The van der Waals surface area contributed by atoms with Crippen LogP contribution in [0.1, 0.15) is 5.56 Å². The Balaban J connectivity index is 2.19. The SMILES string of the molecule is Nc1ccc(OCc2c(F)ccc(Br)c2F)cc1Cl. The molecule has 0 saturated carbocycles. The van der Waals surface area contributed by atoms with Gasteiger partial charge in [-0.3, -0.25) is 0 Å². The zero-order chi connectivity index (χ0) is 14.0. The van der Waals surface area contributed by atoms with E-state index in [0.29, 0.717) is 16.5 Å². The third-order valence-electron chi connectivity index (χ3n) is 2.49. The minimum Gasteiger partial charge on any atom is -0.489 e. The van der Waals surface area contributed by atoms with Crippen molar-refractivity contribution in [2.75, 3.05) is 5.73 Å². The summed E-state index contributed by atoms with van der Waals surface area (Å²) >= 11 is 8.82. The van der Waals surface area contributed by atoms with Crippen molar-refractivity contribution >= 4 is 33.2 Å². The molecule has 0 aliphatic carbocycles. The van der Waals surface area contributed by atoms with Gasteiger partial charge in [0.25, 0.3) is 0 Å². The van der Waals surface area contributed by atoms with Crippen LogP contribution in [0.25, 0.3) is 0 Å². The van der Waals surface area contributed by atoms with Crippen molar-refractivity contribution in [1.82, 2.24) is 0 Å². The predicted octanol–water partition coefficient (Wildman–Crippen LogP) is 4.54. The number of nitrogens with two attached hydrogens (primary N) is 1. The van der Waals surface area contributed by atoms with Gasteiger partial charge >= 0.3 is 0 Å². The Morgan fingerprint density at radius 1 is 1.21 bits per heavy atom. The molecule has 19 heavy (non-hydrogen) atoms. The Morgan fingerprint density at radius 3 is 2.63 bits per heavy atom. The highest BCUT2D eigenvalue weighted by atomic mass is 79.9. The summed E-state index contributed by atoms with van der Waals surface area (Å²) in [5, 5.41) is 0.327. The molecular formula is C13H9BrClF2NO. The molecular weight excluding hydrogens is 340 g/mol. The summed E-state index contributed by atoms with van der Waals surface area (Å²) in [5.74, 6) is -0.957. The molecule has 2 aromatic carbocycles. The molecule has 0 fully saturated rings. The molecule has 2 aromatic rings. The van der Waals surface area contributed by atoms with Crippen molar-refractivity contribution in [2.45, 2.75) is 6.61 Å². The molecule has 2 nitrogen and oxygen atoms in total. The molecule has 0 radical (unpaired) electrons. The van der Waals surface area contributed by atoms with E-state index in [4.69, 9.17) is 22.1 Å². The summed E-state index contributed by atoms with van der Waals surface area (Å²) < 4.78 is 32.7. The van der Waals surface area contributed by atoms with E-state index < -0.39 is 11.6 Å². The van der Waals surface area contributed by atoms with Crippen LogP contribution in [0.15, 0.2) is 34.8 Å². The number of hydrogen-bond acceptors (Lipinski definition) is 2. The van der Waals surface area contributed by atoms with Crippen LogP contribution in [0, 0.1) is 11.6 Å². The summed E-state index contributed by atoms with van der Waals surface area (Å²) in [6.45, 7) is -0.239. The topological polar surface area (TPSA) is 35.2 Å². The Labute approximate surface area is 122 Å². The van der Waals surface area contributed by atoms with Crippen LogP contribution < -0.4 is 10.5 Å². The highest BCUT2D eigenvalue weighted by molar-refractivity contribution is 9.10. The largest absolute Gasteiger partial charge is 0.489 e. The third-order valence-corrected chi connectivity index (χ3v) is 3.43. The molecule has 6 heteroatoms. The highest BCUT2D eigenvalue weighted by Crippen LogP contribution is 2.26. The van der Waals surface area contributed by atoms with Crippen LogP contribution >= 0.6 is 27.5 Å². The molecule has 0 aromatic heterocycles. The van der Waals surface area contributed by atoms with E-state index in [1.807, 2.05) is 0 Å². The third kappa shape index (κ3) is 3.16. The maximum Gasteiger partial charge on any atom is 0.146 e. The second-order valence-electron chi connectivity index (χ2n) is 3.79. The summed E-state index contributed by atoms with van der Waals surface area (Å²) in [6.07, 6.45) is 0. The molecule has 2 rings (SSSR count). The summed E-state index contributed by atoms with van der Waals surface area (Å²) in [4.78, 5) is 0. The smallest absolute Gasteiger partial charge is 0.146 e. The molecule has 0 saturated heterocycles. The Bertz CT molecular complexity index is 622. The van der Waals surface area contributed by atoms with Gasteiger partial charge in [0, 0.05) is 6.07 Å². The molecule has 0 spiro atoms. The van der Waals surface area contributed by atoms with Gasteiger partial charge in [-0.1, -0.05) is 11.6 Å². The zero-order valence-electron chi connectivity index (χ0n) is 9.59. The first-order chi connectivity index (χ1) is 8.99. The number of hydrogen-bond donors (Lipinski definition) is 1. The molecule has 0 amide bonds. The van der Waals surface area contributed by atoms with Gasteiger partial charge in [0.1, 0.15) is 24.0 Å². The van der Waals surface area contributed by atoms with Gasteiger partial charge in [-0.05, 0) is 40.2 Å². The highest BCUT2D eigenvalue weighted by Gasteiger charge is 2.13. The van der Waals surface area contributed by atoms with E-state index in [-0.39, 0.29) is 16.6 Å². The first kappa shape index (κ1) is 14.1. The van der Waals surface area contributed by atoms with Gasteiger partial charge < -0.3 is 10.5 Å². The Hall–Kier alpha value is -1.33. The van der Waals surface area contributed by atoms with Gasteiger partial charge in [-0.25, -0.2) is 8.78 Å². The standard InChI is InChI=1S/C13H9BrClF2NO/c14-9-2-3-11(16)8(13(9)17)6-19-7-1-4-12(18)10(15)5-7/h1-5H,6,18H2. The first-order valence-corrected chi connectivity index (χ1v) is 6.46. The molecule has 0 unspecified atom stereocenters. The molecule has 0 aliphatic rings. The number of nitrogen functional groups attached to an aromatic ring is 1. The maximum atomic E-state index is 13.7. The number of ether oxygens (including phenoxy) is 1. The van der Waals surface area contributed by atoms with E-state index in [0.717, 1.165) is 0 Å². The average molecular weight is 349 g/mol. The Kier molecular flexibility index (Phi) is 4.27. The van der Waals surface area contributed by atoms with Gasteiger partial charge in [-0.15, -0.1) is 0 Å². The summed E-state index contributed by atoms with van der Waals surface area (Å²) in [5.41, 5.74) is 5.81. The van der Waals surface area contributed by atoms with Crippen molar-refractivity contribution in [3.05, 3.63) is 57.0 Å². The quantitative estimate of drug-likeness (QED) is 0.653. The van der Waals surface area contributed by atoms with E-state index in [9.17, 15) is 8.78 Å². The lowest BCUT2D eigenvalue weighted by molar-refractivity contribution is 0.292. The van der Waals surface area contributed by atoms with Crippen LogP contribution in [-0.4, -0.2) is 0 Å². The van der Waals surface area contributed by atoms with Gasteiger partial charge in [-0.2, -0.15) is 0 Å². The van der Waals surface area contributed by atoms with Crippen molar-refractivity contribution in [1.29, 1.82) is 0 Å². The van der Waals surface area contributed by atoms with Crippen LogP contribution in [0.3, 0.4) is 0 Å². The fourth-order valence-corrected chi connectivity index (χ4v) is 2.00. The lowest BCUT2D eigenvalue weighted by atomic mass is 10.2. The van der Waals surface area contributed by atoms with Crippen LogP contribution in [0.2, 0.25) is 5.02 Å². The fourth-order valence-electron chi connectivity index (χ4n) is 1.45. The lowest BCUT2D eigenvalue weighted by Crippen LogP contribution is -2.03. The lowest BCUT2D eigenvalue weighted by Gasteiger charge is -2.10. The van der Waals surface area contributed by atoms with Gasteiger partial charge in [0.2, 0.25) is 0 Å². The second-order valence-corrected chi connectivity index (χ2v) is 5.06. The van der Waals surface area contributed by atoms with E-state index in [1.54, 1.807) is 12.1 Å². The van der Waals surface area contributed by atoms with E-state index in [1.165, 1.54) is 18.2 Å². The molecule has 100 valence electrons. The predicted molar refractivity (Wildman–Crippen MR) is 74.3 cm³/mol. The fraction of sp³-hybridized carbons (Fsp3) is 0.0769. The molecule has 0 heterocycles. The minimum atomic E-state index is -0.679. The first-order valence-electron chi connectivity index (χ1n) is 5.29. The molecule has 2 N–H and O–H groups in total.